The molecular formula is C22H25FN2O3. The number of piperidine rings is 1. The van der Waals surface area contributed by atoms with Crippen LogP contribution < -0.4 is 10.1 Å². The predicted octanol–water partition coefficient (Wildman–Crippen LogP) is 3.90. The highest BCUT2D eigenvalue weighted by molar-refractivity contribution is 5.97. The minimum atomic E-state index is -0.378. The summed E-state index contributed by atoms with van der Waals surface area (Å²) in [6.07, 6.45) is 2.22. The number of anilines is 1. The number of hydrogen-bond acceptors (Lipinski definition) is 4. The van der Waals surface area contributed by atoms with E-state index in [9.17, 15) is 14.0 Å². The lowest BCUT2D eigenvalue weighted by Gasteiger charge is -2.33. The van der Waals surface area contributed by atoms with Gasteiger partial charge in [-0.05, 0) is 61.4 Å². The first-order valence-electron chi connectivity index (χ1n) is 9.52. The average molecular weight is 384 g/mol. The second kappa shape index (κ2) is 9.35. The van der Waals surface area contributed by atoms with Gasteiger partial charge in [-0.2, -0.15) is 0 Å². The van der Waals surface area contributed by atoms with Crippen molar-refractivity contribution in [3.05, 3.63) is 59.9 Å². The minimum absolute atomic E-state index is 0.0170. The smallest absolute Gasteiger partial charge is 0.223 e. The van der Waals surface area contributed by atoms with Crippen LogP contribution in [0.3, 0.4) is 0 Å². The van der Waals surface area contributed by atoms with Crippen LogP contribution in [0.5, 0.6) is 5.75 Å². The molecule has 1 aliphatic rings. The number of carbonyl (C=O) groups excluding carboxylic acids is 2. The van der Waals surface area contributed by atoms with Crippen LogP contribution in [0.25, 0.3) is 0 Å². The highest BCUT2D eigenvalue weighted by Gasteiger charge is 2.24. The molecule has 28 heavy (non-hydrogen) atoms. The number of halogens is 1. The first-order chi connectivity index (χ1) is 13.5. The number of nitrogens with one attached hydrogen (secondary N) is 1. The SMILES string of the molecule is COc1ccc(N[C@@H]2CCCN(C(=O)CCC(=O)c3ccc(F)cc3)C2)cc1. The number of methoxy groups -OCH3 is 1. The van der Waals surface area contributed by atoms with E-state index in [0.29, 0.717) is 18.7 Å². The molecule has 1 aliphatic heterocycles. The summed E-state index contributed by atoms with van der Waals surface area (Å²) in [7, 11) is 1.63. The maximum Gasteiger partial charge on any atom is 0.223 e. The Labute approximate surface area is 164 Å². The summed E-state index contributed by atoms with van der Waals surface area (Å²) in [5.41, 5.74) is 1.43. The van der Waals surface area contributed by atoms with E-state index in [1.165, 1.54) is 24.3 Å². The lowest BCUT2D eigenvalue weighted by Crippen LogP contribution is -2.45. The zero-order valence-electron chi connectivity index (χ0n) is 16.0. The molecule has 2 aromatic rings. The van der Waals surface area contributed by atoms with Gasteiger partial charge in [0.1, 0.15) is 11.6 Å². The average Bonchev–Trinajstić information content (AvgIpc) is 2.73. The van der Waals surface area contributed by atoms with Gasteiger partial charge in [-0.3, -0.25) is 9.59 Å². The fraction of sp³-hybridized carbons (Fsp3) is 0.364. The van der Waals surface area contributed by atoms with Gasteiger partial charge in [-0.15, -0.1) is 0 Å². The Morgan fingerprint density at radius 1 is 1.11 bits per heavy atom. The van der Waals surface area contributed by atoms with E-state index in [4.69, 9.17) is 4.74 Å². The minimum Gasteiger partial charge on any atom is -0.497 e. The maximum absolute atomic E-state index is 13.0. The first-order valence-corrected chi connectivity index (χ1v) is 9.52. The molecule has 1 heterocycles. The number of ketones is 1. The Morgan fingerprint density at radius 2 is 1.82 bits per heavy atom. The molecule has 2 aromatic carbocycles. The molecule has 0 aromatic heterocycles. The van der Waals surface area contributed by atoms with Crippen LogP contribution in [0.15, 0.2) is 48.5 Å². The summed E-state index contributed by atoms with van der Waals surface area (Å²) < 4.78 is 18.1. The molecule has 0 bridgehead atoms. The van der Waals surface area contributed by atoms with E-state index in [1.54, 1.807) is 7.11 Å². The van der Waals surface area contributed by atoms with Gasteiger partial charge in [0.25, 0.3) is 0 Å². The lowest BCUT2D eigenvalue weighted by atomic mass is 10.0. The monoisotopic (exact) mass is 384 g/mol. The molecule has 1 N–H and O–H groups in total. The van der Waals surface area contributed by atoms with Crippen molar-refractivity contribution in [2.75, 3.05) is 25.5 Å². The van der Waals surface area contributed by atoms with E-state index in [1.807, 2.05) is 29.2 Å². The van der Waals surface area contributed by atoms with Crippen molar-refractivity contribution in [1.29, 1.82) is 0 Å². The quantitative estimate of drug-likeness (QED) is 0.736. The molecule has 3 rings (SSSR count). The fourth-order valence-corrected chi connectivity index (χ4v) is 3.40. The topological polar surface area (TPSA) is 58.6 Å². The summed E-state index contributed by atoms with van der Waals surface area (Å²) in [6, 6.07) is 13.3. The molecule has 0 spiro atoms. The van der Waals surface area contributed by atoms with Gasteiger partial charge in [-0.25, -0.2) is 4.39 Å². The van der Waals surface area contributed by atoms with Crippen LogP contribution in [0, 0.1) is 5.82 Å². The predicted molar refractivity (Wildman–Crippen MR) is 106 cm³/mol. The second-order valence-electron chi connectivity index (χ2n) is 6.98. The van der Waals surface area contributed by atoms with Gasteiger partial charge in [-0.1, -0.05) is 0 Å². The Bertz CT molecular complexity index is 806. The molecule has 5 nitrogen and oxygen atoms in total. The molecule has 6 heteroatoms. The van der Waals surface area contributed by atoms with E-state index >= 15 is 0 Å². The summed E-state index contributed by atoms with van der Waals surface area (Å²) in [5, 5.41) is 3.46. The third-order valence-corrected chi connectivity index (χ3v) is 4.97. The molecule has 0 radical (unpaired) electrons. The van der Waals surface area contributed by atoms with Crippen molar-refractivity contribution in [2.45, 2.75) is 31.7 Å². The molecule has 1 saturated heterocycles. The number of likely N-dealkylation sites (tertiary alicyclic amines) is 1. The number of nitrogens with zero attached hydrogens (tertiary/aromatic N) is 1. The number of rotatable bonds is 7. The first kappa shape index (κ1) is 19.9. The molecule has 0 saturated carbocycles. The van der Waals surface area contributed by atoms with Gasteiger partial charge < -0.3 is 15.0 Å². The van der Waals surface area contributed by atoms with Crippen LogP contribution in [-0.2, 0) is 4.79 Å². The maximum atomic E-state index is 13.0. The molecule has 1 fully saturated rings. The van der Waals surface area contributed by atoms with Crippen LogP contribution in [0.2, 0.25) is 0 Å². The molecule has 1 amide bonds. The van der Waals surface area contributed by atoms with Crippen LogP contribution in [-0.4, -0.2) is 42.8 Å². The van der Waals surface area contributed by atoms with Crippen LogP contribution >= 0.6 is 0 Å². The number of ether oxygens (including phenoxy) is 1. The van der Waals surface area contributed by atoms with E-state index in [-0.39, 0.29) is 36.4 Å². The second-order valence-corrected chi connectivity index (χ2v) is 6.98. The number of carbonyl (C=O) groups is 2. The third-order valence-electron chi connectivity index (χ3n) is 4.97. The molecule has 1 atom stereocenters. The molecule has 148 valence electrons. The van der Waals surface area contributed by atoms with Crippen molar-refractivity contribution < 1.29 is 18.7 Å². The summed E-state index contributed by atoms with van der Waals surface area (Å²) in [5.74, 6) is 0.267. The summed E-state index contributed by atoms with van der Waals surface area (Å²) in [4.78, 5) is 26.5. The van der Waals surface area contributed by atoms with E-state index in [0.717, 1.165) is 24.3 Å². The summed E-state index contributed by atoms with van der Waals surface area (Å²) >= 11 is 0. The fourth-order valence-electron chi connectivity index (χ4n) is 3.40. The highest BCUT2D eigenvalue weighted by Crippen LogP contribution is 2.20. The highest BCUT2D eigenvalue weighted by atomic mass is 19.1. The van der Waals surface area contributed by atoms with Crippen LogP contribution in [0.4, 0.5) is 10.1 Å². The van der Waals surface area contributed by atoms with Crippen molar-refractivity contribution in [3.8, 4) is 5.75 Å². The Hall–Kier alpha value is -2.89. The van der Waals surface area contributed by atoms with Gasteiger partial charge in [0.2, 0.25) is 5.91 Å². The van der Waals surface area contributed by atoms with Crippen molar-refractivity contribution in [2.24, 2.45) is 0 Å². The van der Waals surface area contributed by atoms with Crippen LogP contribution in [0.1, 0.15) is 36.0 Å². The van der Waals surface area contributed by atoms with Gasteiger partial charge in [0.15, 0.2) is 5.78 Å². The molecule has 0 aliphatic carbocycles. The van der Waals surface area contributed by atoms with Crippen molar-refractivity contribution >= 4 is 17.4 Å². The summed E-state index contributed by atoms with van der Waals surface area (Å²) in [6.45, 7) is 1.33. The number of amides is 1. The van der Waals surface area contributed by atoms with E-state index in [2.05, 4.69) is 5.32 Å². The lowest BCUT2D eigenvalue weighted by molar-refractivity contribution is -0.132. The number of benzene rings is 2. The largest absolute Gasteiger partial charge is 0.497 e. The van der Waals surface area contributed by atoms with Gasteiger partial charge in [0, 0.05) is 43.2 Å². The Kier molecular flexibility index (Phi) is 6.63. The zero-order valence-corrected chi connectivity index (χ0v) is 16.0. The number of Topliss-reactive ketones (excluding diaryl/α,β-unsaturated/α-hetero) is 1. The zero-order chi connectivity index (χ0) is 19.9. The normalized spacial score (nSPS) is 16.5. The van der Waals surface area contributed by atoms with Gasteiger partial charge in [0.05, 0.1) is 7.11 Å². The van der Waals surface area contributed by atoms with E-state index < -0.39 is 0 Å². The van der Waals surface area contributed by atoms with Crippen molar-refractivity contribution in [1.82, 2.24) is 4.90 Å². The Morgan fingerprint density at radius 3 is 2.50 bits per heavy atom. The molecule has 0 unspecified atom stereocenters. The van der Waals surface area contributed by atoms with Crippen molar-refractivity contribution in [3.63, 3.8) is 0 Å². The number of hydrogen-bond donors (Lipinski definition) is 1. The van der Waals surface area contributed by atoms with Gasteiger partial charge >= 0.3 is 0 Å². The molecular weight excluding hydrogens is 359 g/mol. The third kappa shape index (κ3) is 5.31. The Balaban J connectivity index is 1.49. The standard InChI is InChI=1S/C22H25FN2O3/c1-28-20-10-8-18(9-11-20)24-19-3-2-14-25(15-19)22(27)13-12-21(26)16-4-6-17(23)7-5-16/h4-11,19,24H,2-3,12-15H2,1H3/t19-/m1/s1.